The molecule has 0 spiro atoms. The molecule has 0 radical (unpaired) electrons. The minimum absolute atomic E-state index is 0.603. The fourth-order valence-electron chi connectivity index (χ4n) is 2.21. The molecule has 110 valence electrons. The van der Waals surface area contributed by atoms with Gasteiger partial charge in [-0.1, -0.05) is 27.5 Å². The summed E-state index contributed by atoms with van der Waals surface area (Å²) in [6, 6.07) is 11.6. The molecule has 0 bridgehead atoms. The zero-order valence-corrected chi connectivity index (χ0v) is 14.1. The molecule has 0 saturated heterocycles. The van der Waals surface area contributed by atoms with Gasteiger partial charge in [-0.3, -0.25) is 0 Å². The Hall–Kier alpha value is -1.39. The van der Waals surface area contributed by atoms with Gasteiger partial charge in [0.05, 0.1) is 0 Å². The first kappa shape index (κ1) is 14.5. The van der Waals surface area contributed by atoms with Crippen LogP contribution in [0.15, 0.2) is 40.9 Å². The van der Waals surface area contributed by atoms with E-state index >= 15 is 0 Å². The van der Waals surface area contributed by atoms with Crippen molar-refractivity contribution in [3.05, 3.63) is 51.5 Å². The van der Waals surface area contributed by atoms with Crippen LogP contribution in [0.4, 0.5) is 5.69 Å². The predicted molar refractivity (Wildman–Crippen MR) is 88.3 cm³/mol. The van der Waals surface area contributed by atoms with E-state index in [1.807, 2.05) is 50.2 Å². The van der Waals surface area contributed by atoms with Crippen LogP contribution in [0.3, 0.4) is 0 Å². The lowest BCUT2D eigenvalue weighted by molar-refractivity contribution is -0.0431. The summed E-state index contributed by atoms with van der Waals surface area (Å²) in [5.74, 6) is 0.922. The highest BCUT2D eigenvalue weighted by molar-refractivity contribution is 9.10. The van der Waals surface area contributed by atoms with Crippen molar-refractivity contribution in [1.82, 2.24) is 0 Å². The Morgan fingerprint density at radius 1 is 1.10 bits per heavy atom. The summed E-state index contributed by atoms with van der Waals surface area (Å²) in [4.78, 5) is 0. The standard InChI is InChI=1S/C16H15BrClNO2/c1-16(2)20-14-6-4-12(8-15(14)21-16)19-9-10-7-11(17)3-5-13(10)18/h3-8,19H,9H2,1-2H3. The first-order valence-electron chi connectivity index (χ1n) is 6.63. The number of ether oxygens (including phenoxy) is 2. The first-order chi connectivity index (χ1) is 9.93. The molecule has 5 heteroatoms. The topological polar surface area (TPSA) is 30.5 Å². The molecule has 1 heterocycles. The Balaban J connectivity index is 1.74. The van der Waals surface area contributed by atoms with E-state index in [4.69, 9.17) is 21.1 Å². The summed E-state index contributed by atoms with van der Waals surface area (Å²) >= 11 is 9.64. The number of halogens is 2. The molecule has 2 aromatic carbocycles. The van der Waals surface area contributed by atoms with E-state index in [1.54, 1.807) is 0 Å². The van der Waals surface area contributed by atoms with Crippen LogP contribution in [0.1, 0.15) is 19.4 Å². The molecule has 1 aliphatic rings. The summed E-state index contributed by atoms with van der Waals surface area (Å²) in [7, 11) is 0. The fraction of sp³-hybridized carbons (Fsp3) is 0.250. The quantitative estimate of drug-likeness (QED) is 0.805. The molecule has 0 unspecified atom stereocenters. The van der Waals surface area contributed by atoms with Crippen LogP contribution in [-0.4, -0.2) is 5.79 Å². The Morgan fingerprint density at radius 2 is 1.86 bits per heavy atom. The highest BCUT2D eigenvalue weighted by Crippen LogP contribution is 2.40. The van der Waals surface area contributed by atoms with Crippen LogP contribution in [0.2, 0.25) is 5.02 Å². The van der Waals surface area contributed by atoms with Crippen molar-refractivity contribution in [3.63, 3.8) is 0 Å². The minimum Gasteiger partial charge on any atom is -0.449 e. The maximum Gasteiger partial charge on any atom is 0.246 e. The van der Waals surface area contributed by atoms with Crippen LogP contribution in [0, 0.1) is 0 Å². The van der Waals surface area contributed by atoms with E-state index in [-0.39, 0.29) is 0 Å². The van der Waals surface area contributed by atoms with Crippen molar-refractivity contribution >= 4 is 33.2 Å². The van der Waals surface area contributed by atoms with E-state index in [0.29, 0.717) is 6.54 Å². The third kappa shape index (κ3) is 3.27. The highest BCUT2D eigenvalue weighted by Gasteiger charge is 2.31. The van der Waals surface area contributed by atoms with E-state index in [2.05, 4.69) is 21.2 Å². The van der Waals surface area contributed by atoms with Crippen LogP contribution in [0.25, 0.3) is 0 Å². The third-order valence-corrected chi connectivity index (χ3v) is 4.01. The molecule has 0 aromatic heterocycles. The van der Waals surface area contributed by atoms with Gasteiger partial charge in [-0.05, 0) is 35.9 Å². The molecule has 1 aliphatic heterocycles. The number of hydrogen-bond donors (Lipinski definition) is 1. The summed E-state index contributed by atoms with van der Waals surface area (Å²) in [5, 5.41) is 4.09. The van der Waals surface area contributed by atoms with Crippen molar-refractivity contribution in [2.24, 2.45) is 0 Å². The number of benzene rings is 2. The van der Waals surface area contributed by atoms with Gasteiger partial charge in [0, 0.05) is 41.6 Å². The molecule has 3 nitrogen and oxygen atoms in total. The Labute approximate surface area is 137 Å². The van der Waals surface area contributed by atoms with Crippen molar-refractivity contribution in [2.75, 3.05) is 5.32 Å². The lowest BCUT2D eigenvalue weighted by Gasteiger charge is -2.16. The van der Waals surface area contributed by atoms with Gasteiger partial charge in [0.2, 0.25) is 5.79 Å². The average Bonchev–Trinajstić information content (AvgIpc) is 2.72. The summed E-state index contributed by atoms with van der Waals surface area (Å²) in [6.07, 6.45) is 0. The van der Waals surface area contributed by atoms with Gasteiger partial charge >= 0.3 is 0 Å². The van der Waals surface area contributed by atoms with Gasteiger partial charge in [-0.15, -0.1) is 0 Å². The maximum atomic E-state index is 6.19. The van der Waals surface area contributed by atoms with Gasteiger partial charge < -0.3 is 14.8 Å². The van der Waals surface area contributed by atoms with Gasteiger partial charge in [-0.25, -0.2) is 0 Å². The zero-order valence-electron chi connectivity index (χ0n) is 11.7. The van der Waals surface area contributed by atoms with Crippen LogP contribution in [-0.2, 0) is 6.54 Å². The third-order valence-electron chi connectivity index (χ3n) is 3.15. The monoisotopic (exact) mass is 367 g/mol. The van der Waals surface area contributed by atoms with Crippen molar-refractivity contribution < 1.29 is 9.47 Å². The van der Waals surface area contributed by atoms with Crippen LogP contribution in [0.5, 0.6) is 11.5 Å². The van der Waals surface area contributed by atoms with Crippen molar-refractivity contribution in [1.29, 1.82) is 0 Å². The maximum absolute atomic E-state index is 6.19. The van der Waals surface area contributed by atoms with Gasteiger partial charge in [-0.2, -0.15) is 0 Å². The smallest absolute Gasteiger partial charge is 0.246 e. The Kier molecular flexibility index (Phi) is 3.76. The molecule has 0 saturated carbocycles. The molecular weight excluding hydrogens is 354 g/mol. The fourth-order valence-corrected chi connectivity index (χ4v) is 2.80. The SMILES string of the molecule is CC1(C)Oc2ccc(NCc3cc(Br)ccc3Cl)cc2O1. The number of anilines is 1. The van der Waals surface area contributed by atoms with Crippen molar-refractivity contribution in [2.45, 2.75) is 26.2 Å². The Bertz CT molecular complexity index is 688. The van der Waals surface area contributed by atoms with Gasteiger partial charge in [0.1, 0.15) is 0 Å². The van der Waals surface area contributed by atoms with E-state index in [1.165, 1.54) is 0 Å². The second-order valence-corrected chi connectivity index (χ2v) is 6.68. The molecule has 1 N–H and O–H groups in total. The molecule has 0 fully saturated rings. The second kappa shape index (κ2) is 5.43. The molecule has 0 amide bonds. The van der Waals surface area contributed by atoms with Gasteiger partial charge in [0.25, 0.3) is 0 Å². The summed E-state index contributed by atoms with van der Waals surface area (Å²) < 4.78 is 12.4. The molecule has 0 atom stereocenters. The largest absolute Gasteiger partial charge is 0.449 e. The van der Waals surface area contributed by atoms with Crippen molar-refractivity contribution in [3.8, 4) is 11.5 Å². The first-order valence-corrected chi connectivity index (χ1v) is 7.80. The number of fused-ring (bicyclic) bond motifs is 1. The summed E-state index contributed by atoms with van der Waals surface area (Å²) in [6.45, 7) is 4.42. The molecule has 0 aliphatic carbocycles. The Morgan fingerprint density at radius 3 is 2.67 bits per heavy atom. The average molecular weight is 369 g/mol. The number of nitrogens with one attached hydrogen (secondary N) is 1. The van der Waals surface area contributed by atoms with Crippen LogP contribution >= 0.6 is 27.5 Å². The molecular formula is C16H15BrClNO2. The lowest BCUT2D eigenvalue weighted by atomic mass is 10.2. The van der Waals surface area contributed by atoms with E-state index in [0.717, 1.165) is 32.2 Å². The van der Waals surface area contributed by atoms with E-state index in [9.17, 15) is 0 Å². The summed E-state index contributed by atoms with van der Waals surface area (Å²) in [5.41, 5.74) is 2.00. The number of rotatable bonds is 3. The predicted octanol–water partition coefficient (Wildman–Crippen LogP) is 5.22. The lowest BCUT2D eigenvalue weighted by Crippen LogP contribution is -2.29. The second-order valence-electron chi connectivity index (χ2n) is 5.35. The molecule has 2 aromatic rings. The normalized spacial score (nSPS) is 15.0. The molecule has 21 heavy (non-hydrogen) atoms. The minimum atomic E-state index is -0.603. The number of hydrogen-bond acceptors (Lipinski definition) is 3. The van der Waals surface area contributed by atoms with E-state index < -0.39 is 5.79 Å². The highest BCUT2D eigenvalue weighted by atomic mass is 79.9. The van der Waals surface area contributed by atoms with Gasteiger partial charge in [0.15, 0.2) is 11.5 Å². The zero-order chi connectivity index (χ0) is 15.0. The van der Waals surface area contributed by atoms with Crippen LogP contribution < -0.4 is 14.8 Å². The molecule has 3 rings (SSSR count).